The predicted octanol–water partition coefficient (Wildman–Crippen LogP) is 1.85. The minimum atomic E-state index is -0.252. The van der Waals surface area contributed by atoms with Crippen LogP contribution in [0.2, 0.25) is 0 Å². The van der Waals surface area contributed by atoms with Gasteiger partial charge in [-0.1, -0.05) is 29.8 Å². The quantitative estimate of drug-likeness (QED) is 0.861. The van der Waals surface area contributed by atoms with Crippen molar-refractivity contribution in [2.75, 3.05) is 5.32 Å². The molecule has 0 aromatic carbocycles. The number of carbonyl (C=O) groups is 1. The largest absolute Gasteiger partial charge is 0.292 e. The zero-order chi connectivity index (χ0) is 12.3. The number of nitrogens with zero attached hydrogens (tertiary/aromatic N) is 3. The molecule has 0 bridgehead atoms. The minimum Gasteiger partial charge on any atom is -0.292 e. The highest BCUT2D eigenvalue weighted by atomic mass is 79.9. The lowest BCUT2D eigenvalue weighted by Gasteiger charge is -2.12. The van der Waals surface area contributed by atoms with Gasteiger partial charge in [0.1, 0.15) is 0 Å². The molecule has 1 unspecified atom stereocenters. The number of nitrogens with one attached hydrogen (secondary N) is 1. The Labute approximate surface area is 103 Å². The molecule has 0 saturated heterocycles. The maximum absolute atomic E-state index is 11.7. The Bertz CT molecular complexity index is 394. The smallest absolute Gasteiger partial charge is 0.249 e. The average molecular weight is 287 g/mol. The zero-order valence-electron chi connectivity index (χ0n) is 9.78. The molecular formula is C10H15BrN4O. The maximum Gasteiger partial charge on any atom is 0.249 e. The number of amides is 1. The van der Waals surface area contributed by atoms with E-state index >= 15 is 0 Å². The highest BCUT2D eigenvalue weighted by molar-refractivity contribution is 9.10. The molecule has 0 saturated carbocycles. The van der Waals surface area contributed by atoms with E-state index in [2.05, 4.69) is 36.4 Å². The van der Waals surface area contributed by atoms with Crippen molar-refractivity contribution in [1.29, 1.82) is 0 Å². The molecule has 0 spiro atoms. The summed E-state index contributed by atoms with van der Waals surface area (Å²) in [5, 5.41) is 10.3. The summed E-state index contributed by atoms with van der Waals surface area (Å²) in [6.07, 6.45) is 0. The van der Waals surface area contributed by atoms with E-state index in [9.17, 15) is 4.79 Å². The van der Waals surface area contributed by atoms with Crippen LogP contribution in [-0.2, 0) is 4.79 Å². The first-order valence-electron chi connectivity index (χ1n) is 5.04. The molecule has 6 heteroatoms. The molecule has 0 fully saturated rings. The van der Waals surface area contributed by atoms with E-state index in [1.165, 1.54) is 0 Å². The van der Waals surface area contributed by atoms with Crippen LogP contribution in [0.15, 0.2) is 0 Å². The van der Waals surface area contributed by atoms with Crippen molar-refractivity contribution >= 4 is 27.8 Å². The van der Waals surface area contributed by atoms with Crippen molar-refractivity contribution in [3.8, 4) is 0 Å². The van der Waals surface area contributed by atoms with E-state index < -0.39 is 0 Å². The highest BCUT2D eigenvalue weighted by Gasteiger charge is 2.19. The van der Waals surface area contributed by atoms with Crippen molar-refractivity contribution in [3.63, 3.8) is 0 Å². The molecule has 1 amide bonds. The first-order valence-corrected chi connectivity index (χ1v) is 5.96. The van der Waals surface area contributed by atoms with Gasteiger partial charge in [0.15, 0.2) is 0 Å². The summed E-state index contributed by atoms with van der Waals surface area (Å²) in [6, 6.07) is 0. The molecule has 1 aromatic heterocycles. The van der Waals surface area contributed by atoms with Gasteiger partial charge in [0, 0.05) is 0 Å². The second-order valence-corrected chi connectivity index (χ2v) is 4.93. The molecule has 0 radical (unpaired) electrons. The summed E-state index contributed by atoms with van der Waals surface area (Å²) in [7, 11) is 0. The van der Waals surface area contributed by atoms with Crippen molar-refractivity contribution in [3.05, 3.63) is 11.4 Å². The van der Waals surface area contributed by atoms with Crippen LogP contribution in [-0.4, -0.2) is 25.9 Å². The second-order valence-electron chi connectivity index (χ2n) is 3.94. The van der Waals surface area contributed by atoms with Crippen LogP contribution in [0.4, 0.5) is 5.95 Å². The van der Waals surface area contributed by atoms with Gasteiger partial charge < -0.3 is 0 Å². The van der Waals surface area contributed by atoms with Gasteiger partial charge >= 0.3 is 0 Å². The van der Waals surface area contributed by atoms with Gasteiger partial charge in [-0.25, -0.2) is 4.98 Å². The molecule has 0 aliphatic carbocycles. The van der Waals surface area contributed by atoms with Gasteiger partial charge in [-0.2, -0.15) is 5.10 Å². The topological polar surface area (TPSA) is 67.8 Å². The number of hydrogen-bond donors (Lipinski definition) is 1. The van der Waals surface area contributed by atoms with Crippen LogP contribution in [0.5, 0.6) is 0 Å². The van der Waals surface area contributed by atoms with E-state index in [1.807, 2.05) is 27.7 Å². The number of alkyl halides is 1. The highest BCUT2D eigenvalue weighted by Crippen LogP contribution is 2.13. The number of hydrogen-bond acceptors (Lipinski definition) is 4. The summed E-state index contributed by atoms with van der Waals surface area (Å²) < 4.78 is 0. The summed E-state index contributed by atoms with van der Waals surface area (Å²) in [5.41, 5.74) is 1.53. The molecule has 1 atom stereocenters. The van der Waals surface area contributed by atoms with Crippen molar-refractivity contribution in [2.45, 2.75) is 32.5 Å². The molecule has 16 heavy (non-hydrogen) atoms. The van der Waals surface area contributed by atoms with Crippen LogP contribution >= 0.6 is 15.9 Å². The Hall–Kier alpha value is -1.04. The van der Waals surface area contributed by atoms with E-state index in [-0.39, 0.29) is 22.6 Å². The monoisotopic (exact) mass is 286 g/mol. The standard InChI is InChI=1S/C10H15BrN4O/c1-5(2)8(11)9(16)13-10-12-6(3)7(4)14-15-10/h5,8H,1-4H3,(H,12,13,15,16). The third-order valence-corrected chi connectivity index (χ3v) is 3.64. The Balaban J connectivity index is 2.74. The third kappa shape index (κ3) is 3.23. The fraction of sp³-hybridized carbons (Fsp3) is 0.600. The fourth-order valence-corrected chi connectivity index (χ4v) is 1.11. The summed E-state index contributed by atoms with van der Waals surface area (Å²) >= 11 is 3.31. The van der Waals surface area contributed by atoms with Gasteiger partial charge in [0.05, 0.1) is 16.2 Å². The molecule has 1 N–H and O–H groups in total. The number of carbonyl (C=O) groups excluding carboxylic acids is 1. The van der Waals surface area contributed by atoms with Gasteiger partial charge in [-0.3, -0.25) is 10.1 Å². The maximum atomic E-state index is 11.7. The number of anilines is 1. The minimum absolute atomic E-state index is 0.153. The Morgan fingerprint density at radius 1 is 1.25 bits per heavy atom. The SMILES string of the molecule is Cc1nnc(NC(=O)C(Br)C(C)C)nc1C. The molecule has 0 aliphatic heterocycles. The van der Waals surface area contributed by atoms with Crippen LogP contribution in [0.25, 0.3) is 0 Å². The van der Waals surface area contributed by atoms with Crippen molar-refractivity contribution in [1.82, 2.24) is 15.2 Å². The van der Waals surface area contributed by atoms with Crippen LogP contribution in [0.1, 0.15) is 25.2 Å². The second kappa shape index (κ2) is 5.34. The molecular weight excluding hydrogens is 272 g/mol. The van der Waals surface area contributed by atoms with Crippen LogP contribution < -0.4 is 5.32 Å². The summed E-state index contributed by atoms with van der Waals surface area (Å²) in [6.45, 7) is 7.56. The Kier molecular flexibility index (Phi) is 4.35. The van der Waals surface area contributed by atoms with E-state index in [4.69, 9.17) is 0 Å². The zero-order valence-corrected chi connectivity index (χ0v) is 11.4. The normalized spacial score (nSPS) is 12.6. The van der Waals surface area contributed by atoms with Crippen molar-refractivity contribution in [2.24, 2.45) is 5.92 Å². The summed E-state index contributed by atoms with van der Waals surface area (Å²) in [4.78, 5) is 15.6. The molecule has 0 aliphatic rings. The third-order valence-electron chi connectivity index (χ3n) is 2.16. The van der Waals surface area contributed by atoms with Crippen LogP contribution in [0.3, 0.4) is 0 Å². The molecule has 1 rings (SSSR count). The lowest BCUT2D eigenvalue weighted by Crippen LogP contribution is -2.28. The van der Waals surface area contributed by atoms with E-state index in [0.29, 0.717) is 0 Å². The first kappa shape index (κ1) is 13.0. The average Bonchev–Trinajstić information content (AvgIpc) is 2.22. The fourth-order valence-electron chi connectivity index (χ4n) is 0.992. The lowest BCUT2D eigenvalue weighted by atomic mass is 10.1. The van der Waals surface area contributed by atoms with E-state index in [1.54, 1.807) is 0 Å². The van der Waals surface area contributed by atoms with Gasteiger partial charge in [0.25, 0.3) is 0 Å². The number of halogens is 1. The number of rotatable bonds is 3. The van der Waals surface area contributed by atoms with E-state index in [0.717, 1.165) is 11.4 Å². The molecule has 88 valence electrons. The predicted molar refractivity (Wildman–Crippen MR) is 65.5 cm³/mol. The Morgan fingerprint density at radius 3 is 2.38 bits per heavy atom. The van der Waals surface area contributed by atoms with Crippen LogP contribution in [0, 0.1) is 19.8 Å². The van der Waals surface area contributed by atoms with Gasteiger partial charge in [-0.15, -0.1) is 5.10 Å². The Morgan fingerprint density at radius 2 is 1.88 bits per heavy atom. The number of aryl methyl sites for hydroxylation is 2. The summed E-state index contributed by atoms with van der Waals surface area (Å²) in [5.74, 6) is 0.303. The van der Waals surface area contributed by atoms with Gasteiger partial charge in [-0.05, 0) is 19.8 Å². The molecule has 1 aromatic rings. The molecule has 1 heterocycles. The molecule has 5 nitrogen and oxygen atoms in total. The first-order chi connectivity index (χ1) is 7.41. The lowest BCUT2D eigenvalue weighted by molar-refractivity contribution is -0.116. The van der Waals surface area contributed by atoms with Gasteiger partial charge in [0.2, 0.25) is 11.9 Å². The van der Waals surface area contributed by atoms with Crippen molar-refractivity contribution < 1.29 is 4.79 Å². The number of aromatic nitrogens is 3.